The molecule has 3 N–H and O–H groups in total. The van der Waals surface area contributed by atoms with Gasteiger partial charge in [-0.05, 0) is 28.8 Å². The van der Waals surface area contributed by atoms with Crippen LogP contribution in [0.5, 0.6) is 11.5 Å². The highest BCUT2D eigenvalue weighted by Crippen LogP contribution is 2.24. The Morgan fingerprint density at radius 1 is 0.900 bits per heavy atom. The van der Waals surface area contributed by atoms with Crippen LogP contribution in [0, 0.1) is 0 Å². The molecule has 0 aliphatic heterocycles. The number of phenolic OH excluding ortho intramolecular Hbond substituents is 2. The Balaban J connectivity index is 1.89. The molecule has 2 aromatic rings. The Bertz CT molecular complexity index is 569. The molecule has 0 spiro atoms. The number of benzene rings is 2. The molecular weight excluding hydrogens is 254 g/mol. The molecule has 0 atom stereocenters. The summed E-state index contributed by atoms with van der Waals surface area (Å²) in [7, 11) is 1.68. The minimum Gasteiger partial charge on any atom is -0.504 e. The molecule has 2 aromatic carbocycles. The van der Waals surface area contributed by atoms with Crippen LogP contribution < -0.4 is 5.32 Å². The number of rotatable bonds is 6. The SMILES string of the molecule is COCc1cccc(CNCc2ccc(O)c(O)c2)c1. The van der Waals surface area contributed by atoms with E-state index in [9.17, 15) is 10.2 Å². The van der Waals surface area contributed by atoms with Gasteiger partial charge in [0.1, 0.15) is 0 Å². The molecule has 0 saturated heterocycles. The quantitative estimate of drug-likeness (QED) is 0.708. The summed E-state index contributed by atoms with van der Waals surface area (Å²) < 4.78 is 5.11. The van der Waals surface area contributed by atoms with E-state index in [0.29, 0.717) is 13.2 Å². The van der Waals surface area contributed by atoms with Gasteiger partial charge >= 0.3 is 0 Å². The van der Waals surface area contributed by atoms with Crippen LogP contribution in [0.25, 0.3) is 0 Å². The third-order valence-electron chi connectivity index (χ3n) is 3.00. The predicted octanol–water partition coefficient (Wildman–Crippen LogP) is 2.53. The summed E-state index contributed by atoms with van der Waals surface area (Å²) >= 11 is 0. The standard InChI is InChI=1S/C16H19NO3/c1-20-11-14-4-2-3-12(7-14)9-17-10-13-5-6-15(18)16(19)8-13/h2-8,17-19H,9-11H2,1H3. The van der Waals surface area contributed by atoms with Crippen molar-refractivity contribution in [3.05, 3.63) is 59.2 Å². The first-order valence-corrected chi connectivity index (χ1v) is 6.47. The molecule has 0 saturated carbocycles. The predicted molar refractivity (Wildman–Crippen MR) is 77.5 cm³/mol. The van der Waals surface area contributed by atoms with E-state index in [-0.39, 0.29) is 11.5 Å². The maximum Gasteiger partial charge on any atom is 0.157 e. The Morgan fingerprint density at radius 2 is 1.60 bits per heavy atom. The minimum absolute atomic E-state index is 0.0913. The van der Waals surface area contributed by atoms with Crippen molar-refractivity contribution in [2.24, 2.45) is 0 Å². The fraction of sp³-hybridized carbons (Fsp3) is 0.250. The van der Waals surface area contributed by atoms with Crippen molar-refractivity contribution in [3.8, 4) is 11.5 Å². The molecular formula is C16H19NO3. The summed E-state index contributed by atoms with van der Waals surface area (Å²) in [6, 6.07) is 13.0. The first kappa shape index (κ1) is 14.4. The number of phenols is 2. The Labute approximate surface area is 118 Å². The normalized spacial score (nSPS) is 10.7. The van der Waals surface area contributed by atoms with Crippen LogP contribution in [-0.2, 0) is 24.4 Å². The topological polar surface area (TPSA) is 61.7 Å². The lowest BCUT2D eigenvalue weighted by Crippen LogP contribution is -2.12. The van der Waals surface area contributed by atoms with Crippen LogP contribution in [-0.4, -0.2) is 17.3 Å². The molecule has 0 bridgehead atoms. The van der Waals surface area contributed by atoms with Crippen LogP contribution in [0.4, 0.5) is 0 Å². The lowest BCUT2D eigenvalue weighted by atomic mass is 10.1. The second-order valence-electron chi connectivity index (χ2n) is 4.68. The second-order valence-corrected chi connectivity index (χ2v) is 4.68. The summed E-state index contributed by atoms with van der Waals surface area (Å²) in [6.45, 7) is 1.97. The fourth-order valence-electron chi connectivity index (χ4n) is 2.03. The van der Waals surface area contributed by atoms with Crippen molar-refractivity contribution in [1.82, 2.24) is 5.32 Å². The van der Waals surface area contributed by atoms with Gasteiger partial charge in [-0.3, -0.25) is 0 Å². The molecule has 0 radical (unpaired) electrons. The van der Waals surface area contributed by atoms with Crippen LogP contribution in [0.15, 0.2) is 42.5 Å². The summed E-state index contributed by atoms with van der Waals surface area (Å²) in [6.07, 6.45) is 0. The molecule has 0 aliphatic rings. The first-order chi connectivity index (χ1) is 9.69. The van der Waals surface area contributed by atoms with Gasteiger partial charge in [0.05, 0.1) is 6.61 Å². The van der Waals surface area contributed by atoms with E-state index >= 15 is 0 Å². The summed E-state index contributed by atoms with van der Waals surface area (Å²) in [5.74, 6) is -0.188. The van der Waals surface area contributed by atoms with E-state index in [2.05, 4.69) is 17.4 Å². The maximum atomic E-state index is 9.42. The molecule has 0 aromatic heterocycles. The van der Waals surface area contributed by atoms with E-state index in [1.807, 2.05) is 12.1 Å². The minimum atomic E-state index is -0.0963. The maximum absolute atomic E-state index is 9.42. The molecule has 4 nitrogen and oxygen atoms in total. The van der Waals surface area contributed by atoms with Crippen LogP contribution in [0.2, 0.25) is 0 Å². The monoisotopic (exact) mass is 273 g/mol. The number of nitrogens with one attached hydrogen (secondary N) is 1. The van der Waals surface area contributed by atoms with Crippen LogP contribution >= 0.6 is 0 Å². The number of hydrogen-bond donors (Lipinski definition) is 3. The highest BCUT2D eigenvalue weighted by molar-refractivity contribution is 5.40. The molecule has 4 heteroatoms. The van der Waals surface area contributed by atoms with Gasteiger partial charge in [0.25, 0.3) is 0 Å². The van der Waals surface area contributed by atoms with Crippen molar-refractivity contribution in [3.63, 3.8) is 0 Å². The van der Waals surface area contributed by atoms with E-state index in [1.165, 1.54) is 11.6 Å². The number of hydrogen-bond acceptors (Lipinski definition) is 4. The number of ether oxygens (including phenoxy) is 1. The molecule has 20 heavy (non-hydrogen) atoms. The van der Waals surface area contributed by atoms with Gasteiger partial charge in [-0.15, -0.1) is 0 Å². The molecule has 0 amide bonds. The summed E-state index contributed by atoms with van der Waals surface area (Å²) in [4.78, 5) is 0. The van der Waals surface area contributed by atoms with Crippen molar-refractivity contribution in [1.29, 1.82) is 0 Å². The third-order valence-corrected chi connectivity index (χ3v) is 3.00. The molecule has 2 rings (SSSR count). The van der Waals surface area contributed by atoms with Gasteiger partial charge in [0.2, 0.25) is 0 Å². The van der Waals surface area contributed by atoms with Crippen molar-refractivity contribution >= 4 is 0 Å². The lowest BCUT2D eigenvalue weighted by Gasteiger charge is -2.08. The molecule has 0 aliphatic carbocycles. The zero-order valence-corrected chi connectivity index (χ0v) is 11.5. The number of methoxy groups -OCH3 is 1. The van der Waals surface area contributed by atoms with E-state index in [4.69, 9.17) is 4.74 Å². The first-order valence-electron chi connectivity index (χ1n) is 6.47. The van der Waals surface area contributed by atoms with Gasteiger partial charge in [0.15, 0.2) is 11.5 Å². The summed E-state index contributed by atoms with van der Waals surface area (Å²) in [5.41, 5.74) is 3.25. The Hall–Kier alpha value is -2.04. The van der Waals surface area contributed by atoms with Crippen molar-refractivity contribution in [2.45, 2.75) is 19.7 Å². The van der Waals surface area contributed by atoms with Gasteiger partial charge < -0.3 is 20.3 Å². The van der Waals surface area contributed by atoms with Crippen LogP contribution in [0.1, 0.15) is 16.7 Å². The lowest BCUT2D eigenvalue weighted by molar-refractivity contribution is 0.185. The third kappa shape index (κ3) is 3.98. The Morgan fingerprint density at radius 3 is 2.30 bits per heavy atom. The van der Waals surface area contributed by atoms with Crippen molar-refractivity contribution < 1.29 is 14.9 Å². The van der Waals surface area contributed by atoms with Gasteiger partial charge in [-0.2, -0.15) is 0 Å². The average molecular weight is 273 g/mol. The molecule has 0 fully saturated rings. The van der Waals surface area contributed by atoms with E-state index in [1.54, 1.807) is 19.2 Å². The largest absolute Gasteiger partial charge is 0.504 e. The van der Waals surface area contributed by atoms with Gasteiger partial charge in [0, 0.05) is 20.2 Å². The highest BCUT2D eigenvalue weighted by atomic mass is 16.5. The Kier molecular flexibility index (Phi) is 4.98. The van der Waals surface area contributed by atoms with E-state index in [0.717, 1.165) is 17.7 Å². The highest BCUT2D eigenvalue weighted by Gasteiger charge is 2.01. The van der Waals surface area contributed by atoms with Gasteiger partial charge in [-0.1, -0.05) is 30.3 Å². The zero-order chi connectivity index (χ0) is 14.4. The fourth-order valence-corrected chi connectivity index (χ4v) is 2.03. The number of aromatic hydroxyl groups is 2. The zero-order valence-electron chi connectivity index (χ0n) is 11.5. The molecule has 0 unspecified atom stereocenters. The van der Waals surface area contributed by atoms with Crippen molar-refractivity contribution in [2.75, 3.05) is 7.11 Å². The second kappa shape index (κ2) is 6.93. The van der Waals surface area contributed by atoms with Gasteiger partial charge in [-0.25, -0.2) is 0 Å². The summed E-state index contributed by atoms with van der Waals surface area (Å²) in [5, 5.41) is 22.0. The molecule has 106 valence electrons. The smallest absolute Gasteiger partial charge is 0.157 e. The van der Waals surface area contributed by atoms with E-state index < -0.39 is 0 Å². The van der Waals surface area contributed by atoms with Crippen LogP contribution in [0.3, 0.4) is 0 Å². The molecule has 0 heterocycles. The average Bonchev–Trinajstić information content (AvgIpc) is 2.44.